The maximum Gasteiger partial charge on any atom is 0.338 e. The molecule has 2 bridgehead atoms. The molecular weight excluding hydrogens is 310 g/mol. The summed E-state index contributed by atoms with van der Waals surface area (Å²) in [6, 6.07) is 0.192. The molecule has 4 aliphatic rings. The molecule has 4 aliphatic heterocycles. The molecule has 134 valence electrons. The maximum absolute atomic E-state index is 12.7. The van der Waals surface area contributed by atoms with Crippen molar-refractivity contribution in [1.29, 1.82) is 0 Å². The minimum atomic E-state index is -0.985. The fourth-order valence-corrected chi connectivity index (χ4v) is 5.21. The average molecular weight is 337 g/mol. The van der Waals surface area contributed by atoms with Gasteiger partial charge in [-0.3, -0.25) is 9.69 Å². The van der Waals surface area contributed by atoms with Crippen LogP contribution in [0.25, 0.3) is 0 Å². The number of fused-ring (bicyclic) bond motifs is 2. The molecule has 0 aromatic carbocycles. The van der Waals surface area contributed by atoms with Gasteiger partial charge in [0.05, 0.1) is 24.7 Å². The minimum absolute atomic E-state index is 0.00290. The fourth-order valence-electron chi connectivity index (χ4n) is 5.21. The number of rotatable bonds is 0. The zero-order valence-corrected chi connectivity index (χ0v) is 14.7. The van der Waals surface area contributed by atoms with Crippen molar-refractivity contribution in [3.63, 3.8) is 0 Å². The highest BCUT2D eigenvalue weighted by molar-refractivity contribution is 5.80. The topological polar surface area (TPSA) is 65.1 Å². The van der Waals surface area contributed by atoms with Gasteiger partial charge in [0.15, 0.2) is 5.60 Å². The Kier molecular flexibility index (Phi) is 3.69. The summed E-state index contributed by atoms with van der Waals surface area (Å²) in [5.41, 5.74) is -1.65. The first kappa shape index (κ1) is 16.3. The Labute approximate surface area is 142 Å². The molecule has 0 N–H and O–H groups in total. The molecule has 0 unspecified atom stereocenters. The highest BCUT2D eigenvalue weighted by atomic mass is 16.6. The predicted molar refractivity (Wildman–Crippen MR) is 85.2 cm³/mol. The van der Waals surface area contributed by atoms with Crippen molar-refractivity contribution in [3.8, 4) is 0 Å². The minimum Gasteiger partial charge on any atom is -0.463 e. The van der Waals surface area contributed by atoms with Crippen molar-refractivity contribution in [3.05, 3.63) is 0 Å². The molecule has 24 heavy (non-hydrogen) atoms. The van der Waals surface area contributed by atoms with Crippen LogP contribution in [0.1, 0.15) is 46.5 Å². The van der Waals surface area contributed by atoms with Crippen LogP contribution in [0.15, 0.2) is 0 Å². The Balaban J connectivity index is 1.63. The lowest BCUT2D eigenvalue weighted by atomic mass is 9.86. The number of nitrogens with zero attached hydrogens (tertiary/aromatic N) is 1. The highest BCUT2D eigenvalue weighted by Crippen LogP contribution is 2.46. The summed E-state index contributed by atoms with van der Waals surface area (Å²) >= 11 is 0. The van der Waals surface area contributed by atoms with E-state index in [4.69, 9.17) is 14.2 Å². The van der Waals surface area contributed by atoms with Gasteiger partial charge in [0.1, 0.15) is 6.10 Å². The third-order valence-electron chi connectivity index (χ3n) is 6.55. The van der Waals surface area contributed by atoms with E-state index in [2.05, 4.69) is 4.90 Å². The molecule has 6 atom stereocenters. The molecule has 4 saturated heterocycles. The molecule has 0 amide bonds. The van der Waals surface area contributed by atoms with Crippen molar-refractivity contribution in [2.45, 2.75) is 69.8 Å². The van der Waals surface area contributed by atoms with Gasteiger partial charge < -0.3 is 14.2 Å². The van der Waals surface area contributed by atoms with E-state index in [1.54, 1.807) is 6.92 Å². The summed E-state index contributed by atoms with van der Waals surface area (Å²) in [4.78, 5) is 27.6. The number of carbonyl (C=O) groups excluding carboxylic acids is 2. The van der Waals surface area contributed by atoms with Crippen LogP contribution in [-0.2, 0) is 23.8 Å². The van der Waals surface area contributed by atoms with Crippen LogP contribution >= 0.6 is 0 Å². The second-order valence-electron chi connectivity index (χ2n) is 8.43. The van der Waals surface area contributed by atoms with Crippen LogP contribution in [0.2, 0.25) is 0 Å². The molecule has 4 heterocycles. The lowest BCUT2D eigenvalue weighted by molar-refractivity contribution is -0.187. The molecule has 0 spiro atoms. The Morgan fingerprint density at radius 3 is 2.71 bits per heavy atom. The predicted octanol–water partition coefficient (Wildman–Crippen LogP) is 1.51. The largest absolute Gasteiger partial charge is 0.463 e. The lowest BCUT2D eigenvalue weighted by Crippen LogP contribution is -2.46. The quantitative estimate of drug-likeness (QED) is 0.625. The summed E-state index contributed by atoms with van der Waals surface area (Å²) in [6.07, 6.45) is 2.60. The zero-order chi connectivity index (χ0) is 17.1. The summed E-state index contributed by atoms with van der Waals surface area (Å²) in [7, 11) is 0. The number of hydrogen-bond donors (Lipinski definition) is 0. The van der Waals surface area contributed by atoms with Crippen molar-refractivity contribution in [1.82, 2.24) is 4.90 Å². The van der Waals surface area contributed by atoms with Gasteiger partial charge in [-0.2, -0.15) is 0 Å². The molecule has 4 rings (SSSR count). The Morgan fingerprint density at radius 2 is 1.92 bits per heavy atom. The van der Waals surface area contributed by atoms with Crippen molar-refractivity contribution < 1.29 is 23.8 Å². The van der Waals surface area contributed by atoms with E-state index >= 15 is 0 Å². The van der Waals surface area contributed by atoms with Crippen LogP contribution in [0.3, 0.4) is 0 Å². The van der Waals surface area contributed by atoms with Gasteiger partial charge in [0.25, 0.3) is 0 Å². The summed E-state index contributed by atoms with van der Waals surface area (Å²) in [5, 5.41) is 0. The van der Waals surface area contributed by atoms with E-state index in [9.17, 15) is 9.59 Å². The Hall–Kier alpha value is -1.14. The van der Waals surface area contributed by atoms with Crippen LogP contribution in [0, 0.1) is 11.8 Å². The van der Waals surface area contributed by atoms with Gasteiger partial charge in [-0.1, -0.05) is 6.92 Å². The van der Waals surface area contributed by atoms with Crippen molar-refractivity contribution >= 4 is 11.9 Å². The van der Waals surface area contributed by atoms with Gasteiger partial charge in [0.2, 0.25) is 0 Å². The standard InChI is InChI=1S/C18H27NO5/c1-11-8-17(2)9-14(20)23-13-5-7-19-6-4-12(15(13)19)10-22-16(21)18(11,3)24-17/h11-13,15H,4-10H2,1-3H3/t11-,12+,13+,15+,17+,18+/m0/s1. The van der Waals surface area contributed by atoms with E-state index in [-0.39, 0.29) is 42.3 Å². The second kappa shape index (κ2) is 5.43. The summed E-state index contributed by atoms with van der Waals surface area (Å²) in [6.45, 7) is 8.01. The first-order valence-corrected chi connectivity index (χ1v) is 9.12. The Bertz CT molecular complexity index is 566. The van der Waals surface area contributed by atoms with E-state index in [1.165, 1.54) is 0 Å². The highest BCUT2D eigenvalue weighted by Gasteiger charge is 2.56. The van der Waals surface area contributed by atoms with Crippen LogP contribution in [0.5, 0.6) is 0 Å². The van der Waals surface area contributed by atoms with E-state index in [1.807, 2.05) is 13.8 Å². The van der Waals surface area contributed by atoms with Crippen LogP contribution < -0.4 is 0 Å². The van der Waals surface area contributed by atoms with Gasteiger partial charge >= 0.3 is 11.9 Å². The molecule has 0 saturated carbocycles. The smallest absolute Gasteiger partial charge is 0.338 e. The van der Waals surface area contributed by atoms with Gasteiger partial charge in [-0.15, -0.1) is 0 Å². The summed E-state index contributed by atoms with van der Waals surface area (Å²) < 4.78 is 17.6. The fraction of sp³-hybridized carbons (Fsp3) is 0.889. The van der Waals surface area contributed by atoms with Crippen molar-refractivity contribution in [2.75, 3.05) is 19.7 Å². The number of carbonyl (C=O) groups is 2. The second-order valence-corrected chi connectivity index (χ2v) is 8.43. The summed E-state index contributed by atoms with van der Waals surface area (Å²) in [5.74, 6) is -0.260. The first-order valence-electron chi connectivity index (χ1n) is 9.12. The molecule has 0 radical (unpaired) electrons. The SMILES string of the molecule is C[C@H]1C[C@]2(C)CC(=O)O[C@@H]3CCN4CC[C@H](COC(=O)[C@]1(C)O2)[C@H]34. The molecule has 0 aromatic heterocycles. The third-order valence-corrected chi connectivity index (χ3v) is 6.55. The number of hydrogen-bond acceptors (Lipinski definition) is 6. The normalized spacial score (nSPS) is 49.1. The van der Waals surface area contributed by atoms with Gasteiger partial charge in [-0.25, -0.2) is 4.79 Å². The van der Waals surface area contributed by atoms with Crippen LogP contribution in [-0.4, -0.2) is 59.9 Å². The van der Waals surface area contributed by atoms with E-state index < -0.39 is 11.2 Å². The van der Waals surface area contributed by atoms with E-state index in [0.29, 0.717) is 13.0 Å². The number of cyclic esters (lactones) is 1. The maximum atomic E-state index is 12.7. The number of ether oxygens (including phenoxy) is 3. The molecule has 6 heteroatoms. The monoisotopic (exact) mass is 337 g/mol. The molecule has 4 fully saturated rings. The van der Waals surface area contributed by atoms with Gasteiger partial charge in [0, 0.05) is 12.5 Å². The molecule has 6 nitrogen and oxygen atoms in total. The van der Waals surface area contributed by atoms with Crippen LogP contribution in [0.4, 0.5) is 0 Å². The average Bonchev–Trinajstić information content (AvgIpc) is 3.11. The first-order chi connectivity index (χ1) is 11.3. The number of esters is 2. The van der Waals surface area contributed by atoms with Gasteiger partial charge in [-0.05, 0) is 45.6 Å². The Morgan fingerprint density at radius 1 is 1.17 bits per heavy atom. The van der Waals surface area contributed by atoms with Crippen molar-refractivity contribution in [2.24, 2.45) is 11.8 Å². The third kappa shape index (κ3) is 2.46. The zero-order valence-electron chi connectivity index (χ0n) is 14.7. The molecule has 0 aliphatic carbocycles. The lowest BCUT2D eigenvalue weighted by Gasteiger charge is -2.32. The van der Waals surface area contributed by atoms with E-state index in [0.717, 1.165) is 25.9 Å². The molecular formula is C18H27NO5. The molecule has 0 aromatic rings.